The van der Waals surface area contributed by atoms with Crippen molar-refractivity contribution in [2.24, 2.45) is 0 Å². The van der Waals surface area contributed by atoms with Gasteiger partial charge in [-0.25, -0.2) is 0 Å². The topological polar surface area (TPSA) is 75.1 Å². The summed E-state index contributed by atoms with van der Waals surface area (Å²) in [5.74, 6) is 1.27. The number of ether oxygens (including phenoxy) is 2. The Hall–Kier alpha value is -2.74. The molecule has 96 valence electrons. The number of nitrogens with zero attached hydrogens (tertiary/aromatic N) is 1. The van der Waals surface area contributed by atoms with Gasteiger partial charge in [0.15, 0.2) is 0 Å². The van der Waals surface area contributed by atoms with Crippen LogP contribution in [0.1, 0.15) is 5.56 Å². The predicted molar refractivity (Wildman–Crippen MR) is 70.3 cm³/mol. The third-order valence-corrected chi connectivity index (χ3v) is 2.73. The molecule has 5 nitrogen and oxygen atoms in total. The van der Waals surface area contributed by atoms with Gasteiger partial charge in [0.05, 0.1) is 19.9 Å². The van der Waals surface area contributed by atoms with Crippen molar-refractivity contribution < 1.29 is 9.47 Å². The average Bonchev–Trinajstić information content (AvgIpc) is 2.46. The number of hydrogen-bond donors (Lipinski definition) is 1. The molecule has 2 aromatic rings. The third kappa shape index (κ3) is 2.43. The smallest absolute Gasteiger partial charge is 0.266 e. The highest BCUT2D eigenvalue weighted by atomic mass is 16.5. The van der Waals surface area contributed by atoms with E-state index in [2.05, 4.69) is 4.98 Å². The van der Waals surface area contributed by atoms with E-state index in [1.807, 2.05) is 6.07 Å². The fraction of sp³-hybridized carbons (Fsp3) is 0.143. The molecule has 1 aromatic heterocycles. The van der Waals surface area contributed by atoms with Gasteiger partial charge in [-0.2, -0.15) is 5.26 Å². The Morgan fingerprint density at radius 1 is 1.16 bits per heavy atom. The Bertz CT molecular complexity index is 699. The van der Waals surface area contributed by atoms with Crippen molar-refractivity contribution in [2.45, 2.75) is 0 Å². The molecule has 0 saturated carbocycles. The molecule has 1 aromatic carbocycles. The minimum absolute atomic E-state index is 0.0746. The minimum Gasteiger partial charge on any atom is -0.497 e. The highest BCUT2D eigenvalue weighted by molar-refractivity contribution is 5.69. The Kier molecular flexibility index (Phi) is 3.53. The molecule has 5 heteroatoms. The number of aromatic nitrogens is 1. The molecular formula is C14H12N2O3. The molecule has 0 unspecified atom stereocenters. The van der Waals surface area contributed by atoms with Crippen LogP contribution in [0.5, 0.6) is 11.5 Å². The molecular weight excluding hydrogens is 244 g/mol. The van der Waals surface area contributed by atoms with Crippen LogP contribution in [0.2, 0.25) is 0 Å². The van der Waals surface area contributed by atoms with E-state index in [4.69, 9.17) is 14.7 Å². The molecule has 0 aliphatic carbocycles. The number of nitriles is 1. The molecule has 0 aliphatic heterocycles. The standard InChI is InChI=1S/C14H12N2O3/c1-18-10-4-6-13(19-2)11(7-10)12-5-3-9(8-15)14(17)16-12/h3-7H,1-2H3,(H,16,17). The van der Waals surface area contributed by atoms with Gasteiger partial charge in [0.2, 0.25) is 0 Å². The summed E-state index contributed by atoms with van der Waals surface area (Å²) in [6, 6.07) is 10.3. The van der Waals surface area contributed by atoms with E-state index in [0.29, 0.717) is 22.8 Å². The van der Waals surface area contributed by atoms with Crippen LogP contribution in [-0.4, -0.2) is 19.2 Å². The number of aromatic amines is 1. The fourth-order valence-corrected chi connectivity index (χ4v) is 1.74. The maximum absolute atomic E-state index is 11.6. The number of pyridine rings is 1. The van der Waals surface area contributed by atoms with Gasteiger partial charge in [0.1, 0.15) is 23.1 Å². The van der Waals surface area contributed by atoms with Crippen molar-refractivity contribution in [3.8, 4) is 28.8 Å². The summed E-state index contributed by atoms with van der Waals surface area (Å²) in [5, 5.41) is 8.75. The van der Waals surface area contributed by atoms with Crippen molar-refractivity contribution in [3.05, 3.63) is 46.2 Å². The number of methoxy groups -OCH3 is 2. The highest BCUT2D eigenvalue weighted by Gasteiger charge is 2.09. The summed E-state index contributed by atoms with van der Waals surface area (Å²) in [4.78, 5) is 14.3. The summed E-state index contributed by atoms with van der Waals surface area (Å²) in [6.45, 7) is 0. The number of H-pyrrole nitrogens is 1. The lowest BCUT2D eigenvalue weighted by Crippen LogP contribution is -2.10. The molecule has 0 spiro atoms. The SMILES string of the molecule is COc1ccc(OC)c(-c2ccc(C#N)c(=O)[nH]2)c1. The zero-order valence-corrected chi connectivity index (χ0v) is 10.6. The lowest BCUT2D eigenvalue weighted by molar-refractivity contribution is 0.404. The van der Waals surface area contributed by atoms with Crippen molar-refractivity contribution in [1.29, 1.82) is 5.26 Å². The van der Waals surface area contributed by atoms with Crippen LogP contribution in [0.25, 0.3) is 11.3 Å². The average molecular weight is 256 g/mol. The van der Waals surface area contributed by atoms with E-state index < -0.39 is 5.56 Å². The molecule has 0 bridgehead atoms. The first-order valence-electron chi connectivity index (χ1n) is 5.55. The van der Waals surface area contributed by atoms with Crippen LogP contribution in [0.3, 0.4) is 0 Å². The molecule has 0 amide bonds. The Labute approximate surface area is 110 Å². The minimum atomic E-state index is -0.426. The number of nitrogens with one attached hydrogen (secondary N) is 1. The van der Waals surface area contributed by atoms with Gasteiger partial charge in [-0.3, -0.25) is 4.79 Å². The number of benzene rings is 1. The maximum atomic E-state index is 11.6. The molecule has 0 saturated heterocycles. The number of hydrogen-bond acceptors (Lipinski definition) is 4. The van der Waals surface area contributed by atoms with Gasteiger partial charge in [-0.05, 0) is 30.3 Å². The van der Waals surface area contributed by atoms with Gasteiger partial charge < -0.3 is 14.5 Å². The lowest BCUT2D eigenvalue weighted by atomic mass is 10.1. The molecule has 0 fully saturated rings. The fourth-order valence-electron chi connectivity index (χ4n) is 1.74. The molecule has 1 N–H and O–H groups in total. The molecule has 1 heterocycles. The van der Waals surface area contributed by atoms with E-state index in [1.54, 1.807) is 38.5 Å². The van der Waals surface area contributed by atoms with E-state index in [0.717, 1.165) is 0 Å². The van der Waals surface area contributed by atoms with Crippen LogP contribution in [0.4, 0.5) is 0 Å². The molecule has 0 aliphatic rings. The van der Waals surface area contributed by atoms with Crippen LogP contribution >= 0.6 is 0 Å². The third-order valence-electron chi connectivity index (χ3n) is 2.73. The molecule has 2 rings (SSSR count). The van der Waals surface area contributed by atoms with Crippen molar-refractivity contribution in [1.82, 2.24) is 4.98 Å². The van der Waals surface area contributed by atoms with Crippen molar-refractivity contribution >= 4 is 0 Å². The monoisotopic (exact) mass is 256 g/mol. The largest absolute Gasteiger partial charge is 0.497 e. The van der Waals surface area contributed by atoms with Gasteiger partial charge >= 0.3 is 0 Å². The van der Waals surface area contributed by atoms with Crippen LogP contribution in [-0.2, 0) is 0 Å². The first-order chi connectivity index (χ1) is 9.19. The van der Waals surface area contributed by atoms with E-state index >= 15 is 0 Å². The first kappa shape index (κ1) is 12.7. The van der Waals surface area contributed by atoms with Crippen LogP contribution in [0.15, 0.2) is 35.1 Å². The van der Waals surface area contributed by atoms with Crippen LogP contribution < -0.4 is 15.0 Å². The second-order valence-corrected chi connectivity index (χ2v) is 3.79. The summed E-state index contributed by atoms with van der Waals surface area (Å²) in [6.07, 6.45) is 0. The Morgan fingerprint density at radius 3 is 2.53 bits per heavy atom. The van der Waals surface area contributed by atoms with Gasteiger partial charge in [-0.15, -0.1) is 0 Å². The summed E-state index contributed by atoms with van der Waals surface area (Å²) in [5.41, 5.74) is 0.915. The molecule has 0 atom stereocenters. The van der Waals surface area contributed by atoms with Crippen LogP contribution in [0, 0.1) is 11.3 Å². The zero-order chi connectivity index (χ0) is 13.8. The maximum Gasteiger partial charge on any atom is 0.266 e. The summed E-state index contributed by atoms with van der Waals surface area (Å²) in [7, 11) is 3.11. The first-order valence-corrected chi connectivity index (χ1v) is 5.55. The normalized spacial score (nSPS) is 9.74. The second kappa shape index (κ2) is 5.27. The van der Waals surface area contributed by atoms with Crippen molar-refractivity contribution in [2.75, 3.05) is 14.2 Å². The Morgan fingerprint density at radius 2 is 1.95 bits per heavy atom. The van der Waals surface area contributed by atoms with Gasteiger partial charge in [0.25, 0.3) is 5.56 Å². The second-order valence-electron chi connectivity index (χ2n) is 3.79. The summed E-state index contributed by atoms with van der Waals surface area (Å²) >= 11 is 0. The lowest BCUT2D eigenvalue weighted by Gasteiger charge is -2.10. The zero-order valence-electron chi connectivity index (χ0n) is 10.6. The highest BCUT2D eigenvalue weighted by Crippen LogP contribution is 2.31. The molecule has 0 radical (unpaired) electrons. The predicted octanol–water partition coefficient (Wildman–Crippen LogP) is 1.93. The Balaban J connectivity index is 2.60. The van der Waals surface area contributed by atoms with E-state index in [1.165, 1.54) is 6.07 Å². The quantitative estimate of drug-likeness (QED) is 0.910. The van der Waals surface area contributed by atoms with E-state index in [9.17, 15) is 4.79 Å². The van der Waals surface area contributed by atoms with E-state index in [-0.39, 0.29) is 5.56 Å². The molecule has 19 heavy (non-hydrogen) atoms. The number of rotatable bonds is 3. The summed E-state index contributed by atoms with van der Waals surface area (Å²) < 4.78 is 10.4. The van der Waals surface area contributed by atoms with Gasteiger partial charge in [-0.1, -0.05) is 0 Å². The van der Waals surface area contributed by atoms with Crippen molar-refractivity contribution in [3.63, 3.8) is 0 Å². The van der Waals surface area contributed by atoms with Gasteiger partial charge in [0, 0.05) is 5.56 Å².